The van der Waals surface area contributed by atoms with Crippen LogP contribution in [0.15, 0.2) is 87.0 Å². The van der Waals surface area contributed by atoms with Crippen LogP contribution in [0.1, 0.15) is 0 Å². The topological polar surface area (TPSA) is 34.1 Å². The maximum absolute atomic E-state index is 11.6. The number of carbonyl (C=O) groups excluding carboxylic acids is 2. The number of thioether (sulfide) groups is 2. The van der Waals surface area contributed by atoms with Crippen LogP contribution in [0.25, 0.3) is 0 Å². The predicted molar refractivity (Wildman–Crippen MR) is 130 cm³/mol. The van der Waals surface area contributed by atoms with Crippen molar-refractivity contribution >= 4 is 109 Å². The third-order valence-corrected chi connectivity index (χ3v) is 9.44. The molecule has 0 aliphatic heterocycles. The number of hydrogen-bond donors (Lipinski definition) is 0. The molecule has 0 N–H and O–H groups in total. The average Bonchev–Trinajstić information content (AvgIpc) is 2.60. The molecule has 140 valence electrons. The molecule has 0 aliphatic rings. The molecule has 0 unspecified atom stereocenters. The van der Waals surface area contributed by atoms with Gasteiger partial charge in [0.1, 0.15) is 0 Å². The van der Waals surface area contributed by atoms with Gasteiger partial charge >= 0.3 is 0 Å². The molecule has 27 heavy (non-hydrogen) atoms. The Morgan fingerprint density at radius 1 is 0.704 bits per heavy atom. The van der Waals surface area contributed by atoms with E-state index in [1.54, 1.807) is 11.8 Å². The van der Waals surface area contributed by atoms with Gasteiger partial charge in [-0.15, -0.1) is 0 Å². The van der Waals surface area contributed by atoms with Gasteiger partial charge in [0.2, 0.25) is 10.2 Å². The molecule has 0 amide bonds. The van der Waals surface area contributed by atoms with Crippen molar-refractivity contribution in [3.8, 4) is 0 Å². The van der Waals surface area contributed by atoms with Gasteiger partial charge in [0.15, 0.2) is 0 Å². The minimum Gasteiger partial charge on any atom is -0.282 e. The summed E-state index contributed by atoms with van der Waals surface area (Å²) in [7, 11) is 0. The highest BCUT2D eigenvalue weighted by Gasteiger charge is 2.15. The van der Waals surface area contributed by atoms with Crippen molar-refractivity contribution in [3.63, 3.8) is 0 Å². The summed E-state index contributed by atoms with van der Waals surface area (Å²) in [6.07, 6.45) is 2.58. The Hall–Kier alpha value is 0.230. The monoisotopic (exact) mass is 670 g/mol. The molecule has 9 heteroatoms. The number of hydrogen-bond acceptors (Lipinski definition) is 5. The molecule has 0 heterocycles. The van der Waals surface area contributed by atoms with Crippen LogP contribution in [0.5, 0.6) is 0 Å². The zero-order valence-corrected chi connectivity index (χ0v) is 22.2. The summed E-state index contributed by atoms with van der Waals surface area (Å²) in [5.74, 6) is 0. The molecule has 2 nitrogen and oxygen atoms in total. The van der Waals surface area contributed by atoms with E-state index in [0.29, 0.717) is 0 Å². The van der Waals surface area contributed by atoms with Crippen LogP contribution < -0.4 is 0 Å². The third kappa shape index (κ3) is 6.62. The van der Waals surface area contributed by atoms with Gasteiger partial charge in [-0.3, -0.25) is 9.59 Å². The summed E-state index contributed by atoms with van der Waals surface area (Å²) < 4.78 is 3.28. The smallest absolute Gasteiger partial charge is 0.216 e. The van der Waals surface area contributed by atoms with Crippen molar-refractivity contribution in [2.45, 2.75) is 19.6 Å². The standard InChI is InChI=1S/C18H10Br4O2S3/c1-3-15(23)26-17-11(19)5-9(6-12(17)20)25-10-7-13(21)18(14(22)8-10)27-16(24)4-2/h3-8H,1-2H2. The second kappa shape index (κ2) is 10.8. The molecule has 0 aliphatic carbocycles. The Balaban J connectivity index is 2.29. The van der Waals surface area contributed by atoms with Crippen LogP contribution in [-0.4, -0.2) is 10.2 Å². The zero-order chi connectivity index (χ0) is 20.1. The molecule has 0 saturated heterocycles. The number of benzene rings is 2. The van der Waals surface area contributed by atoms with E-state index in [0.717, 1.165) is 61.0 Å². The van der Waals surface area contributed by atoms with Crippen LogP contribution in [0.2, 0.25) is 0 Å². The van der Waals surface area contributed by atoms with E-state index in [1.165, 1.54) is 12.2 Å². The van der Waals surface area contributed by atoms with Crippen molar-refractivity contribution < 1.29 is 9.59 Å². The van der Waals surface area contributed by atoms with E-state index in [4.69, 9.17) is 0 Å². The lowest BCUT2D eigenvalue weighted by molar-refractivity contribution is -0.107. The molecular weight excluding hydrogens is 664 g/mol. The molecular formula is C18H10Br4O2S3. The van der Waals surface area contributed by atoms with Crippen molar-refractivity contribution in [2.75, 3.05) is 0 Å². The highest BCUT2D eigenvalue weighted by molar-refractivity contribution is 9.11. The fourth-order valence-electron chi connectivity index (χ4n) is 1.81. The Morgan fingerprint density at radius 3 is 1.26 bits per heavy atom. The second-order valence-electron chi connectivity index (χ2n) is 4.78. The van der Waals surface area contributed by atoms with Crippen molar-refractivity contribution in [2.24, 2.45) is 0 Å². The van der Waals surface area contributed by atoms with E-state index in [-0.39, 0.29) is 10.2 Å². The lowest BCUT2D eigenvalue weighted by Crippen LogP contribution is -1.89. The molecule has 0 saturated carbocycles. The lowest BCUT2D eigenvalue weighted by Gasteiger charge is -2.11. The Kier molecular flexibility index (Phi) is 9.45. The predicted octanol–water partition coefficient (Wildman–Crippen LogP) is 8.50. The van der Waals surface area contributed by atoms with E-state index >= 15 is 0 Å². The largest absolute Gasteiger partial charge is 0.282 e. The first kappa shape index (κ1) is 23.5. The highest BCUT2D eigenvalue weighted by Crippen LogP contribution is 2.43. The molecule has 0 fully saturated rings. The van der Waals surface area contributed by atoms with Gasteiger partial charge in [-0.2, -0.15) is 0 Å². The van der Waals surface area contributed by atoms with Crippen molar-refractivity contribution in [1.29, 1.82) is 0 Å². The first-order chi connectivity index (χ1) is 12.7. The first-order valence-corrected chi connectivity index (χ1v) is 12.7. The summed E-state index contributed by atoms with van der Waals surface area (Å²) in [5.41, 5.74) is 0. The van der Waals surface area contributed by atoms with Gasteiger partial charge in [-0.25, -0.2) is 0 Å². The molecule has 2 aromatic carbocycles. The average molecular weight is 674 g/mol. The Bertz CT molecular complexity index is 823. The minimum atomic E-state index is -0.119. The second-order valence-corrected chi connectivity index (χ2v) is 11.4. The highest BCUT2D eigenvalue weighted by atomic mass is 79.9. The maximum Gasteiger partial charge on any atom is 0.216 e. The van der Waals surface area contributed by atoms with E-state index in [9.17, 15) is 9.59 Å². The van der Waals surface area contributed by atoms with E-state index in [2.05, 4.69) is 76.9 Å². The summed E-state index contributed by atoms with van der Waals surface area (Å²) in [4.78, 5) is 26.8. The van der Waals surface area contributed by atoms with Gasteiger partial charge in [0.25, 0.3) is 0 Å². The fraction of sp³-hybridized carbons (Fsp3) is 0. The van der Waals surface area contributed by atoms with Gasteiger partial charge in [0, 0.05) is 37.5 Å². The summed E-state index contributed by atoms with van der Waals surface area (Å²) in [5, 5.41) is -0.237. The molecule has 2 aromatic rings. The Labute approximate surface area is 203 Å². The van der Waals surface area contributed by atoms with Crippen molar-refractivity contribution in [3.05, 3.63) is 67.5 Å². The number of halogens is 4. The number of carbonyl (C=O) groups is 2. The van der Waals surface area contributed by atoms with Gasteiger partial charge < -0.3 is 0 Å². The molecule has 0 atom stereocenters. The summed E-state index contributed by atoms with van der Waals surface area (Å²) in [6, 6.07) is 7.83. The summed E-state index contributed by atoms with van der Waals surface area (Å²) >= 11 is 17.9. The minimum absolute atomic E-state index is 0.119. The van der Waals surface area contributed by atoms with Crippen LogP contribution in [0.3, 0.4) is 0 Å². The van der Waals surface area contributed by atoms with Crippen LogP contribution in [0.4, 0.5) is 0 Å². The van der Waals surface area contributed by atoms with E-state index in [1.807, 2.05) is 24.3 Å². The summed E-state index contributed by atoms with van der Waals surface area (Å²) in [6.45, 7) is 6.99. The molecule has 0 spiro atoms. The van der Waals surface area contributed by atoms with Crippen molar-refractivity contribution in [1.82, 2.24) is 0 Å². The van der Waals surface area contributed by atoms with Crippen LogP contribution in [-0.2, 0) is 9.59 Å². The van der Waals surface area contributed by atoms with Gasteiger partial charge in [-0.1, -0.05) is 24.9 Å². The molecule has 0 aromatic heterocycles. The van der Waals surface area contributed by atoms with Gasteiger partial charge in [-0.05, 0) is 124 Å². The molecule has 0 radical (unpaired) electrons. The van der Waals surface area contributed by atoms with Crippen LogP contribution >= 0.6 is 99.0 Å². The normalized spacial score (nSPS) is 10.5. The SMILES string of the molecule is C=CC(=O)Sc1c(Br)cc(Sc2cc(Br)c(SC(=O)C=C)c(Br)c2)cc1Br. The lowest BCUT2D eigenvalue weighted by atomic mass is 10.4. The maximum atomic E-state index is 11.6. The fourth-order valence-corrected chi connectivity index (χ4v) is 7.93. The van der Waals surface area contributed by atoms with E-state index < -0.39 is 0 Å². The third-order valence-electron chi connectivity index (χ3n) is 2.92. The quantitative estimate of drug-likeness (QED) is 0.227. The first-order valence-electron chi connectivity index (χ1n) is 7.09. The van der Waals surface area contributed by atoms with Gasteiger partial charge in [0.05, 0.1) is 0 Å². The molecule has 0 bridgehead atoms. The Morgan fingerprint density at radius 2 is 1.00 bits per heavy atom. The molecule has 2 rings (SSSR count). The van der Waals surface area contributed by atoms with Crippen LogP contribution in [0, 0.1) is 0 Å². The number of rotatable bonds is 6. The zero-order valence-electron chi connectivity index (χ0n) is 13.4.